The van der Waals surface area contributed by atoms with E-state index >= 15 is 0 Å². The van der Waals surface area contributed by atoms with E-state index in [1.807, 2.05) is 0 Å². The summed E-state index contributed by atoms with van der Waals surface area (Å²) in [4.78, 5) is 54.6. The van der Waals surface area contributed by atoms with Crippen molar-refractivity contribution in [2.75, 3.05) is 34.5 Å². The molecule has 0 aromatic rings. The lowest BCUT2D eigenvalue weighted by molar-refractivity contribution is -0.321. The van der Waals surface area contributed by atoms with Gasteiger partial charge in [-0.15, -0.1) is 0 Å². The van der Waals surface area contributed by atoms with Crippen molar-refractivity contribution in [3.63, 3.8) is 0 Å². The summed E-state index contributed by atoms with van der Waals surface area (Å²) in [6.07, 6.45) is -6.77. The second kappa shape index (κ2) is 11.4. The Balaban J connectivity index is 1.38. The quantitative estimate of drug-likeness (QED) is 0.131. The smallest absolute Gasteiger partial charge is 0.366 e. The summed E-state index contributed by atoms with van der Waals surface area (Å²) in [7, 11) is 3.69. The molecule has 3 saturated carbocycles. The number of allylic oxidation sites excluding steroid dienone is 1. The molecule has 5 aliphatic heterocycles. The predicted molar refractivity (Wildman–Crippen MR) is 171 cm³/mol. The molecule has 5 saturated heterocycles. The highest BCUT2D eigenvalue weighted by Gasteiger charge is 2.97. The fourth-order valence-electron chi connectivity index (χ4n) is 12.7. The summed E-state index contributed by atoms with van der Waals surface area (Å²) in [6.45, 7) is 6.88. The van der Waals surface area contributed by atoms with E-state index in [0.717, 1.165) is 14.2 Å². The van der Waals surface area contributed by atoms with Gasteiger partial charge < -0.3 is 62.7 Å². The number of fused-ring (bicyclic) bond motifs is 7. The van der Waals surface area contributed by atoms with E-state index in [4.69, 9.17) is 47.4 Å². The lowest BCUT2D eigenvalue weighted by Gasteiger charge is -2.65. The number of aliphatic hydroxyl groups is 3. The molecular weight excluding hydrogens is 704 g/mol. The average molecular weight is 753 g/mol. The number of epoxide rings is 1. The Hall–Kier alpha value is -2.74. The number of carbonyl (C=O) groups excluding carboxylic acids is 4. The summed E-state index contributed by atoms with van der Waals surface area (Å²) in [5.41, 5.74) is -9.52. The SMILES string of the molecule is C/C=C(\C)C(=O)O[C@@H]1C[C@@H](OC(C)=O)[C@@]2(C(=O)OC)CO[C@@H]3[C@H]2[C@]12CO[C@](O)(C(=O)OC)[C@H]2[C@](C)([C@]12O[C@@]1(C)[C@H]1C[C@@H]2O[C@@H]2O[C@H](OC)C[C@@]21O)[C@H]3O. The van der Waals surface area contributed by atoms with E-state index in [9.17, 15) is 34.5 Å². The fourth-order valence-corrected chi connectivity index (χ4v) is 12.7. The lowest BCUT2D eigenvalue weighted by Crippen LogP contribution is -2.79. The fraction of sp³-hybridized carbons (Fsp3) is 0.833. The van der Waals surface area contributed by atoms with Gasteiger partial charge >= 0.3 is 23.9 Å². The number of carbonyl (C=O) groups is 4. The van der Waals surface area contributed by atoms with E-state index in [0.29, 0.717) is 0 Å². The molecule has 0 aromatic carbocycles. The molecule has 17 atom stereocenters. The number of aliphatic hydroxyl groups excluding tert-OH is 1. The van der Waals surface area contributed by atoms with Crippen LogP contribution in [0.1, 0.15) is 53.9 Å². The third kappa shape index (κ3) is 4.03. The van der Waals surface area contributed by atoms with Gasteiger partial charge in [-0.05, 0) is 27.2 Å². The van der Waals surface area contributed by atoms with Crippen molar-refractivity contribution in [2.24, 2.45) is 34.0 Å². The van der Waals surface area contributed by atoms with Crippen LogP contribution in [-0.4, -0.2) is 139 Å². The van der Waals surface area contributed by atoms with Gasteiger partial charge in [-0.2, -0.15) is 0 Å². The van der Waals surface area contributed by atoms with Crippen molar-refractivity contribution in [1.82, 2.24) is 0 Å². The Morgan fingerprint density at radius 2 is 1.60 bits per heavy atom. The molecule has 8 aliphatic rings. The van der Waals surface area contributed by atoms with Crippen LogP contribution in [0.3, 0.4) is 0 Å². The van der Waals surface area contributed by atoms with Gasteiger partial charge in [-0.25, -0.2) is 9.59 Å². The highest BCUT2D eigenvalue weighted by Crippen LogP contribution is 2.83. The molecule has 8 fully saturated rings. The first kappa shape index (κ1) is 37.2. The van der Waals surface area contributed by atoms with E-state index < -0.39 is 137 Å². The first-order valence-corrected chi connectivity index (χ1v) is 18.0. The van der Waals surface area contributed by atoms with Gasteiger partial charge in [0.05, 0.1) is 45.7 Å². The molecule has 8 rings (SSSR count). The zero-order chi connectivity index (χ0) is 38.5. The number of hydrogen-bond acceptors (Lipinski definition) is 17. The minimum absolute atomic E-state index is 0.0672. The molecule has 0 amide bonds. The molecule has 294 valence electrons. The van der Waals surface area contributed by atoms with Crippen molar-refractivity contribution in [3.05, 3.63) is 11.6 Å². The van der Waals surface area contributed by atoms with Gasteiger partial charge in [0.1, 0.15) is 34.4 Å². The second-order valence-electron chi connectivity index (χ2n) is 16.4. The van der Waals surface area contributed by atoms with Gasteiger partial charge in [-0.3, -0.25) is 9.59 Å². The molecule has 17 heteroatoms. The van der Waals surface area contributed by atoms with Gasteiger partial charge in [-0.1, -0.05) is 13.0 Å². The molecular formula is C36H48O17. The van der Waals surface area contributed by atoms with E-state index in [-0.39, 0.29) is 24.8 Å². The van der Waals surface area contributed by atoms with Crippen molar-refractivity contribution in [1.29, 1.82) is 0 Å². The number of methoxy groups -OCH3 is 3. The van der Waals surface area contributed by atoms with Crippen LogP contribution in [0.15, 0.2) is 11.6 Å². The highest BCUT2D eigenvalue weighted by atomic mass is 16.8. The van der Waals surface area contributed by atoms with Gasteiger partial charge in [0.25, 0.3) is 5.79 Å². The zero-order valence-electron chi connectivity index (χ0n) is 30.9. The largest absolute Gasteiger partial charge is 0.468 e. The topological polar surface area (TPSA) is 225 Å². The molecule has 1 spiro atoms. The maximum Gasteiger partial charge on any atom is 0.366 e. The molecule has 2 bridgehead atoms. The van der Waals surface area contributed by atoms with Crippen LogP contribution in [0.5, 0.6) is 0 Å². The molecule has 3 aliphatic carbocycles. The predicted octanol–water partition coefficient (Wildman–Crippen LogP) is -0.354. The number of rotatable bonds is 7. The Morgan fingerprint density at radius 3 is 2.23 bits per heavy atom. The third-order valence-electron chi connectivity index (χ3n) is 14.7. The van der Waals surface area contributed by atoms with Crippen LogP contribution in [0.25, 0.3) is 0 Å². The number of hydrogen-bond donors (Lipinski definition) is 3. The summed E-state index contributed by atoms with van der Waals surface area (Å²) in [5, 5.41) is 37.9. The monoisotopic (exact) mass is 752 g/mol. The van der Waals surface area contributed by atoms with Gasteiger partial charge in [0.15, 0.2) is 12.6 Å². The van der Waals surface area contributed by atoms with Gasteiger partial charge in [0, 0.05) is 61.0 Å². The van der Waals surface area contributed by atoms with Crippen LogP contribution >= 0.6 is 0 Å². The molecule has 17 nitrogen and oxygen atoms in total. The van der Waals surface area contributed by atoms with E-state index in [1.54, 1.807) is 33.8 Å². The number of esters is 4. The summed E-state index contributed by atoms with van der Waals surface area (Å²) in [6, 6.07) is 0. The standard InChI is InChI=1S/C36H48O17/c1-9-15(2)25(39)50-18-11-19(49-16(3)37)33(27(40)45-7)13-47-22-23(33)32(18)14-48-35(43,28(41)46-8)26(32)30(4,24(22)38)36-20-10-17(31(36,5)53-36)34(42)12-21(44-6)52-29(34)51-20/h9,17-24,26,29,38,42-43H,10-14H2,1-8H3/b15-9+/t17-,18-,19-,20+,21+,22-,23+,24+,26+,29-,30-,31+,32+,33+,34+,35+,36+/m1/s1. The summed E-state index contributed by atoms with van der Waals surface area (Å²) in [5.74, 6) is -9.82. The molecule has 53 heavy (non-hydrogen) atoms. The maximum atomic E-state index is 14.2. The molecule has 0 radical (unpaired) electrons. The van der Waals surface area contributed by atoms with Crippen molar-refractivity contribution >= 4 is 23.9 Å². The molecule has 0 aromatic heterocycles. The summed E-state index contributed by atoms with van der Waals surface area (Å²) < 4.78 is 60.0. The van der Waals surface area contributed by atoms with Crippen LogP contribution < -0.4 is 0 Å². The lowest BCUT2D eigenvalue weighted by atomic mass is 9.37. The normalized spacial score (nSPS) is 54.2. The Labute approximate surface area is 305 Å². The second-order valence-corrected chi connectivity index (χ2v) is 16.4. The maximum absolute atomic E-state index is 14.2. The average Bonchev–Trinajstić information content (AvgIpc) is 3.47. The van der Waals surface area contributed by atoms with Crippen molar-refractivity contribution in [3.8, 4) is 0 Å². The van der Waals surface area contributed by atoms with Crippen molar-refractivity contribution in [2.45, 2.75) is 120 Å². The van der Waals surface area contributed by atoms with Crippen LogP contribution in [0.2, 0.25) is 0 Å². The third-order valence-corrected chi connectivity index (χ3v) is 14.7. The Kier molecular flexibility index (Phi) is 8.01. The minimum Gasteiger partial charge on any atom is -0.468 e. The van der Waals surface area contributed by atoms with Crippen LogP contribution in [0.4, 0.5) is 0 Å². The Morgan fingerprint density at radius 1 is 0.906 bits per heavy atom. The molecule has 5 heterocycles. The first-order chi connectivity index (χ1) is 24.9. The minimum atomic E-state index is -2.84. The van der Waals surface area contributed by atoms with Crippen molar-refractivity contribution < 1.29 is 81.9 Å². The highest BCUT2D eigenvalue weighted by molar-refractivity contribution is 5.88. The molecule has 0 unspecified atom stereocenters. The van der Waals surface area contributed by atoms with E-state index in [2.05, 4.69) is 0 Å². The zero-order valence-corrected chi connectivity index (χ0v) is 30.9. The first-order valence-electron chi connectivity index (χ1n) is 18.0. The van der Waals surface area contributed by atoms with Gasteiger partial charge in [0.2, 0.25) is 0 Å². The number of ether oxygens (including phenoxy) is 10. The molecule has 3 N–H and O–H groups in total. The van der Waals surface area contributed by atoms with Crippen LogP contribution in [-0.2, 0) is 66.5 Å². The summed E-state index contributed by atoms with van der Waals surface area (Å²) >= 11 is 0. The Bertz CT molecular complexity index is 1670. The van der Waals surface area contributed by atoms with Crippen LogP contribution in [0, 0.1) is 34.0 Å². The van der Waals surface area contributed by atoms with E-state index in [1.165, 1.54) is 14.0 Å².